The van der Waals surface area contributed by atoms with E-state index in [9.17, 15) is 0 Å². The Kier molecular flexibility index (Phi) is 2.96. The number of nitriles is 1. The predicted molar refractivity (Wildman–Crippen MR) is 82.2 cm³/mol. The zero-order valence-electron chi connectivity index (χ0n) is 10.8. The van der Waals surface area contributed by atoms with E-state index in [-0.39, 0.29) is 0 Å². The van der Waals surface area contributed by atoms with Crippen LogP contribution in [0, 0.1) is 18.3 Å². The number of hydrogen-bond donors (Lipinski definition) is 1. The second-order valence-corrected chi connectivity index (χ2v) is 5.43. The number of hydrogen-bond acceptors (Lipinski definition) is 3. The second-order valence-electron chi connectivity index (χ2n) is 4.57. The Morgan fingerprint density at radius 3 is 2.90 bits per heavy atom. The maximum atomic E-state index is 8.98. The lowest BCUT2D eigenvalue weighted by Gasteiger charge is -2.01. The van der Waals surface area contributed by atoms with Crippen molar-refractivity contribution in [3.05, 3.63) is 52.1 Å². The van der Waals surface area contributed by atoms with Gasteiger partial charge in [0.15, 0.2) is 0 Å². The molecule has 0 radical (unpaired) electrons. The van der Waals surface area contributed by atoms with Crippen LogP contribution >= 0.6 is 15.9 Å². The Morgan fingerprint density at radius 2 is 2.15 bits per heavy atom. The zero-order valence-corrected chi connectivity index (χ0v) is 12.3. The molecule has 0 bridgehead atoms. The van der Waals surface area contributed by atoms with Crippen LogP contribution in [0.1, 0.15) is 11.1 Å². The molecule has 0 atom stereocenters. The summed E-state index contributed by atoms with van der Waals surface area (Å²) < 4.78 is 2.82. The van der Waals surface area contributed by atoms with Crippen LogP contribution in [0.5, 0.6) is 0 Å². The van der Waals surface area contributed by atoms with Gasteiger partial charge < -0.3 is 5.73 Å². The van der Waals surface area contributed by atoms with E-state index in [1.54, 1.807) is 12.1 Å². The first-order chi connectivity index (χ1) is 9.60. The van der Waals surface area contributed by atoms with E-state index in [0.29, 0.717) is 17.1 Å². The Morgan fingerprint density at radius 1 is 1.35 bits per heavy atom. The van der Waals surface area contributed by atoms with Crippen molar-refractivity contribution in [3.63, 3.8) is 0 Å². The third kappa shape index (κ3) is 1.95. The third-order valence-electron chi connectivity index (χ3n) is 3.21. The molecule has 2 aromatic heterocycles. The molecule has 3 aromatic rings. The van der Waals surface area contributed by atoms with Crippen LogP contribution in [0.2, 0.25) is 0 Å². The molecule has 5 heteroatoms. The number of nitrogen functional groups attached to an aromatic ring is 1. The van der Waals surface area contributed by atoms with Crippen LogP contribution in [0.25, 0.3) is 16.9 Å². The van der Waals surface area contributed by atoms with E-state index >= 15 is 0 Å². The third-order valence-corrected chi connectivity index (χ3v) is 4.04. The first-order valence-corrected chi connectivity index (χ1v) is 6.83. The number of rotatable bonds is 1. The molecule has 0 aliphatic rings. The van der Waals surface area contributed by atoms with Crippen molar-refractivity contribution in [3.8, 4) is 17.3 Å². The molecule has 0 spiro atoms. The zero-order chi connectivity index (χ0) is 14.3. The highest BCUT2D eigenvalue weighted by Crippen LogP contribution is 2.29. The van der Waals surface area contributed by atoms with Gasteiger partial charge in [0.05, 0.1) is 11.6 Å². The molecule has 0 saturated carbocycles. The van der Waals surface area contributed by atoms with Crippen LogP contribution in [0.3, 0.4) is 0 Å². The number of aromatic nitrogens is 2. The number of halogens is 1. The van der Waals surface area contributed by atoms with Gasteiger partial charge in [-0.3, -0.25) is 4.40 Å². The normalized spacial score (nSPS) is 10.7. The van der Waals surface area contributed by atoms with E-state index in [4.69, 9.17) is 11.0 Å². The Labute approximate surface area is 124 Å². The fourth-order valence-electron chi connectivity index (χ4n) is 2.13. The Balaban J connectivity index is 2.26. The minimum Gasteiger partial charge on any atom is -0.383 e. The summed E-state index contributed by atoms with van der Waals surface area (Å²) in [6.45, 7) is 2.00. The van der Waals surface area contributed by atoms with Crippen LogP contribution in [-0.4, -0.2) is 9.38 Å². The lowest BCUT2D eigenvalue weighted by Crippen LogP contribution is -1.95. The lowest BCUT2D eigenvalue weighted by atomic mass is 10.1. The smallest absolute Gasteiger partial charge is 0.139 e. The molecule has 0 amide bonds. The van der Waals surface area contributed by atoms with E-state index in [1.807, 2.05) is 35.7 Å². The van der Waals surface area contributed by atoms with Gasteiger partial charge in [-0.2, -0.15) is 5.26 Å². The second kappa shape index (κ2) is 4.66. The molecule has 2 N–H and O–H groups in total. The minimum atomic E-state index is 0.566. The van der Waals surface area contributed by atoms with E-state index in [0.717, 1.165) is 21.2 Å². The summed E-state index contributed by atoms with van der Waals surface area (Å²) >= 11 is 3.49. The molecule has 0 saturated heterocycles. The molecule has 0 aliphatic carbocycles. The van der Waals surface area contributed by atoms with Crippen molar-refractivity contribution >= 4 is 27.4 Å². The molecule has 4 nitrogen and oxygen atoms in total. The van der Waals surface area contributed by atoms with Gasteiger partial charge in [-0.15, -0.1) is 0 Å². The van der Waals surface area contributed by atoms with Crippen molar-refractivity contribution in [1.82, 2.24) is 9.38 Å². The number of imidazole rings is 1. The molecule has 0 fully saturated rings. The molecule has 98 valence electrons. The maximum absolute atomic E-state index is 8.98. The highest BCUT2D eigenvalue weighted by Gasteiger charge is 2.12. The average Bonchev–Trinajstić information content (AvgIpc) is 2.77. The van der Waals surface area contributed by atoms with Crippen molar-refractivity contribution in [1.29, 1.82) is 5.26 Å². The standard InChI is InChI=1S/C15H11BrN4/c1-9-5-13-19-14(15(18)20(13)8-12(9)16)11-4-2-3-10(6-11)7-17/h2-6,8H,18H2,1H3. The molecular weight excluding hydrogens is 316 g/mol. The first-order valence-electron chi connectivity index (χ1n) is 6.04. The number of nitrogens with two attached hydrogens (primary N) is 1. The monoisotopic (exact) mass is 326 g/mol. The number of benzene rings is 1. The largest absolute Gasteiger partial charge is 0.383 e. The Hall–Kier alpha value is -2.32. The number of nitrogens with zero attached hydrogens (tertiary/aromatic N) is 3. The number of pyridine rings is 1. The van der Waals surface area contributed by atoms with Crippen molar-refractivity contribution in [2.45, 2.75) is 6.92 Å². The van der Waals surface area contributed by atoms with Gasteiger partial charge >= 0.3 is 0 Å². The Bertz CT molecular complexity index is 858. The summed E-state index contributed by atoms with van der Waals surface area (Å²) in [5, 5.41) is 8.98. The summed E-state index contributed by atoms with van der Waals surface area (Å²) in [6, 6.07) is 11.4. The van der Waals surface area contributed by atoms with Gasteiger partial charge in [0.2, 0.25) is 0 Å². The van der Waals surface area contributed by atoms with Gasteiger partial charge in [-0.25, -0.2) is 4.98 Å². The van der Waals surface area contributed by atoms with Crippen LogP contribution in [0.15, 0.2) is 41.0 Å². The fourth-order valence-corrected chi connectivity index (χ4v) is 2.45. The average molecular weight is 327 g/mol. The van der Waals surface area contributed by atoms with Gasteiger partial charge in [-0.05, 0) is 46.6 Å². The summed E-state index contributed by atoms with van der Waals surface area (Å²) in [7, 11) is 0. The van der Waals surface area contributed by atoms with E-state index < -0.39 is 0 Å². The van der Waals surface area contributed by atoms with Crippen molar-refractivity contribution in [2.75, 3.05) is 5.73 Å². The van der Waals surface area contributed by atoms with E-state index in [1.165, 1.54) is 0 Å². The molecular formula is C15H11BrN4. The number of anilines is 1. The molecule has 1 aromatic carbocycles. The quantitative estimate of drug-likeness (QED) is 0.743. The van der Waals surface area contributed by atoms with E-state index in [2.05, 4.69) is 27.0 Å². The number of aryl methyl sites for hydroxylation is 1. The summed E-state index contributed by atoms with van der Waals surface area (Å²) in [4.78, 5) is 4.57. The lowest BCUT2D eigenvalue weighted by molar-refractivity contribution is 1.16. The van der Waals surface area contributed by atoms with Crippen LogP contribution in [0.4, 0.5) is 5.82 Å². The highest BCUT2D eigenvalue weighted by molar-refractivity contribution is 9.10. The molecule has 0 aliphatic heterocycles. The van der Waals surface area contributed by atoms with Crippen LogP contribution < -0.4 is 5.73 Å². The van der Waals surface area contributed by atoms with Gasteiger partial charge in [-0.1, -0.05) is 12.1 Å². The molecule has 3 rings (SSSR count). The summed E-state index contributed by atoms with van der Waals surface area (Å²) in [6.07, 6.45) is 1.91. The van der Waals surface area contributed by atoms with Gasteiger partial charge in [0.25, 0.3) is 0 Å². The first kappa shape index (κ1) is 12.7. The van der Waals surface area contributed by atoms with Gasteiger partial charge in [0.1, 0.15) is 17.2 Å². The fraction of sp³-hybridized carbons (Fsp3) is 0.0667. The topological polar surface area (TPSA) is 67.1 Å². The van der Waals surface area contributed by atoms with Gasteiger partial charge in [0, 0.05) is 16.2 Å². The predicted octanol–water partition coefficient (Wildman–Crippen LogP) is 3.53. The number of fused-ring (bicyclic) bond motifs is 1. The SMILES string of the molecule is Cc1cc2nc(-c3cccc(C#N)c3)c(N)n2cc1Br. The molecule has 20 heavy (non-hydrogen) atoms. The highest BCUT2D eigenvalue weighted by atomic mass is 79.9. The van der Waals surface area contributed by atoms with Crippen LogP contribution in [-0.2, 0) is 0 Å². The molecule has 2 heterocycles. The van der Waals surface area contributed by atoms with Crippen molar-refractivity contribution in [2.24, 2.45) is 0 Å². The molecule has 0 unspecified atom stereocenters. The van der Waals surface area contributed by atoms with Crippen molar-refractivity contribution < 1.29 is 0 Å². The minimum absolute atomic E-state index is 0.566. The summed E-state index contributed by atoms with van der Waals surface area (Å²) in [5.74, 6) is 0.566. The maximum Gasteiger partial charge on any atom is 0.139 e. The summed E-state index contributed by atoms with van der Waals surface area (Å²) in [5.41, 5.74) is 10.2.